The van der Waals surface area contributed by atoms with Gasteiger partial charge < -0.3 is 15.0 Å². The highest BCUT2D eigenvalue weighted by atomic mass is 79.9. The molecule has 0 aliphatic heterocycles. The SMILES string of the molecule is CNC(=O)[C@@H](C)N(Cc1cccc(OC)c1)C(=O)CN(c1cccc(Br)c1)S(C)(=O)=O. The minimum atomic E-state index is -3.75. The maximum Gasteiger partial charge on any atom is 0.244 e. The summed E-state index contributed by atoms with van der Waals surface area (Å²) in [6, 6.07) is 13.0. The predicted octanol–water partition coefficient (Wildman–Crippen LogP) is 2.39. The normalized spacial score (nSPS) is 12.0. The highest BCUT2D eigenvalue weighted by Crippen LogP contribution is 2.23. The van der Waals surface area contributed by atoms with E-state index in [1.54, 1.807) is 49.4 Å². The summed E-state index contributed by atoms with van der Waals surface area (Å²) in [7, 11) is -0.732. The molecule has 0 spiro atoms. The lowest BCUT2D eigenvalue weighted by molar-refractivity contribution is -0.139. The second-order valence-corrected chi connectivity index (χ2v) is 9.74. The number of anilines is 1. The molecule has 0 heterocycles. The minimum Gasteiger partial charge on any atom is -0.497 e. The number of carbonyl (C=O) groups excluding carboxylic acids is 2. The molecule has 168 valence electrons. The number of likely N-dealkylation sites (N-methyl/N-ethyl adjacent to an activating group) is 1. The molecule has 31 heavy (non-hydrogen) atoms. The molecule has 0 radical (unpaired) electrons. The number of hydrogen-bond acceptors (Lipinski definition) is 5. The molecule has 10 heteroatoms. The highest BCUT2D eigenvalue weighted by Gasteiger charge is 2.29. The van der Waals surface area contributed by atoms with Crippen molar-refractivity contribution in [3.05, 3.63) is 58.6 Å². The summed E-state index contributed by atoms with van der Waals surface area (Å²) in [6.07, 6.45) is 1.04. The second kappa shape index (κ2) is 10.6. The Morgan fingerprint density at radius 1 is 1.16 bits per heavy atom. The van der Waals surface area contributed by atoms with Crippen molar-refractivity contribution < 1.29 is 22.7 Å². The van der Waals surface area contributed by atoms with Gasteiger partial charge in [0, 0.05) is 18.1 Å². The van der Waals surface area contributed by atoms with E-state index >= 15 is 0 Å². The Labute approximate surface area is 191 Å². The molecule has 0 aliphatic rings. The molecule has 1 N–H and O–H groups in total. The molecule has 1 atom stereocenters. The second-order valence-electron chi connectivity index (χ2n) is 6.91. The molecule has 0 fully saturated rings. The number of nitrogens with one attached hydrogen (secondary N) is 1. The van der Waals surface area contributed by atoms with Crippen LogP contribution in [0.15, 0.2) is 53.0 Å². The van der Waals surface area contributed by atoms with Crippen LogP contribution in [0.3, 0.4) is 0 Å². The predicted molar refractivity (Wildman–Crippen MR) is 123 cm³/mol. The van der Waals surface area contributed by atoms with Gasteiger partial charge in [-0.05, 0) is 42.8 Å². The molecule has 0 bridgehead atoms. The van der Waals surface area contributed by atoms with Crippen molar-refractivity contribution in [2.45, 2.75) is 19.5 Å². The van der Waals surface area contributed by atoms with Crippen molar-refractivity contribution in [3.8, 4) is 5.75 Å². The average molecular weight is 512 g/mol. The van der Waals surface area contributed by atoms with Crippen LogP contribution >= 0.6 is 15.9 Å². The third-order valence-electron chi connectivity index (χ3n) is 4.68. The van der Waals surface area contributed by atoms with Gasteiger partial charge in [0.15, 0.2) is 0 Å². The van der Waals surface area contributed by atoms with Gasteiger partial charge in [0.25, 0.3) is 0 Å². The number of ether oxygens (including phenoxy) is 1. The number of methoxy groups -OCH3 is 1. The minimum absolute atomic E-state index is 0.112. The fraction of sp³-hybridized carbons (Fsp3) is 0.333. The Morgan fingerprint density at radius 3 is 2.42 bits per heavy atom. The number of nitrogens with zero attached hydrogens (tertiary/aromatic N) is 2. The zero-order chi connectivity index (χ0) is 23.2. The molecule has 2 rings (SSSR count). The van der Waals surface area contributed by atoms with Crippen LogP contribution in [0.5, 0.6) is 5.75 Å². The number of sulfonamides is 1. The van der Waals surface area contributed by atoms with Gasteiger partial charge in [0.2, 0.25) is 21.8 Å². The molecule has 0 saturated carbocycles. The standard InChI is InChI=1S/C21H26BrN3O5S/c1-15(21(27)23-2)24(13-16-7-5-10-19(11-16)30-3)20(26)14-25(31(4,28)29)18-9-6-8-17(22)12-18/h5-12,15H,13-14H2,1-4H3,(H,23,27)/t15-/m1/s1. The van der Waals surface area contributed by atoms with E-state index in [-0.39, 0.29) is 12.5 Å². The molecular weight excluding hydrogens is 486 g/mol. The van der Waals surface area contributed by atoms with E-state index in [1.165, 1.54) is 19.1 Å². The fourth-order valence-electron chi connectivity index (χ4n) is 3.00. The number of rotatable bonds is 9. The van der Waals surface area contributed by atoms with Crippen LogP contribution in [-0.4, -0.2) is 58.1 Å². The third kappa shape index (κ3) is 6.70. The summed E-state index contributed by atoms with van der Waals surface area (Å²) in [5.41, 5.74) is 1.09. The lowest BCUT2D eigenvalue weighted by atomic mass is 10.1. The van der Waals surface area contributed by atoms with Crippen LogP contribution in [0.25, 0.3) is 0 Å². The van der Waals surface area contributed by atoms with Gasteiger partial charge in [-0.25, -0.2) is 8.42 Å². The fourth-order valence-corrected chi connectivity index (χ4v) is 4.23. The van der Waals surface area contributed by atoms with Crippen LogP contribution in [0.2, 0.25) is 0 Å². The lowest BCUT2D eigenvalue weighted by Gasteiger charge is -2.31. The molecule has 8 nitrogen and oxygen atoms in total. The van der Waals surface area contributed by atoms with Crippen molar-refractivity contribution >= 4 is 43.5 Å². The molecule has 0 aromatic heterocycles. The average Bonchev–Trinajstić information content (AvgIpc) is 2.73. The number of carbonyl (C=O) groups is 2. The summed E-state index contributed by atoms with van der Waals surface area (Å²) in [5.74, 6) is -0.252. The monoisotopic (exact) mass is 511 g/mol. The van der Waals surface area contributed by atoms with Crippen LogP contribution in [-0.2, 0) is 26.2 Å². The topological polar surface area (TPSA) is 96.0 Å². The van der Waals surface area contributed by atoms with Crippen molar-refractivity contribution in [3.63, 3.8) is 0 Å². The molecule has 2 aromatic carbocycles. The van der Waals surface area contributed by atoms with Crippen molar-refractivity contribution in [1.82, 2.24) is 10.2 Å². The number of benzene rings is 2. The first kappa shape index (κ1) is 24.7. The van der Waals surface area contributed by atoms with Gasteiger partial charge >= 0.3 is 0 Å². The van der Waals surface area contributed by atoms with Gasteiger partial charge in [-0.1, -0.05) is 34.1 Å². The lowest BCUT2D eigenvalue weighted by Crippen LogP contribution is -2.50. The Kier molecular flexibility index (Phi) is 8.46. The summed E-state index contributed by atoms with van der Waals surface area (Å²) in [4.78, 5) is 26.9. The van der Waals surface area contributed by atoms with Gasteiger partial charge in [-0.3, -0.25) is 13.9 Å². The quantitative estimate of drug-likeness (QED) is 0.557. The zero-order valence-corrected chi connectivity index (χ0v) is 20.2. The maximum atomic E-state index is 13.3. The Morgan fingerprint density at radius 2 is 1.84 bits per heavy atom. The van der Waals surface area contributed by atoms with Gasteiger partial charge in [0.1, 0.15) is 18.3 Å². The zero-order valence-electron chi connectivity index (χ0n) is 17.8. The summed E-state index contributed by atoms with van der Waals surface area (Å²) < 4.78 is 31.8. The number of halogens is 1. The number of hydrogen-bond donors (Lipinski definition) is 1. The van der Waals surface area contributed by atoms with E-state index in [1.807, 2.05) is 6.07 Å². The van der Waals surface area contributed by atoms with Crippen molar-refractivity contribution in [2.75, 3.05) is 31.3 Å². The Balaban J connectivity index is 2.39. The van der Waals surface area contributed by atoms with Gasteiger partial charge in [-0.15, -0.1) is 0 Å². The van der Waals surface area contributed by atoms with Crippen LogP contribution in [0.4, 0.5) is 5.69 Å². The first-order valence-electron chi connectivity index (χ1n) is 9.44. The van der Waals surface area contributed by atoms with E-state index in [2.05, 4.69) is 21.2 Å². The van der Waals surface area contributed by atoms with E-state index in [9.17, 15) is 18.0 Å². The van der Waals surface area contributed by atoms with E-state index < -0.39 is 28.5 Å². The molecule has 0 unspecified atom stereocenters. The van der Waals surface area contributed by atoms with E-state index in [0.717, 1.165) is 16.1 Å². The van der Waals surface area contributed by atoms with Crippen LogP contribution in [0.1, 0.15) is 12.5 Å². The van der Waals surface area contributed by atoms with Crippen molar-refractivity contribution in [2.24, 2.45) is 0 Å². The van der Waals surface area contributed by atoms with Gasteiger partial charge in [0.05, 0.1) is 19.1 Å². The first-order valence-corrected chi connectivity index (χ1v) is 12.1. The molecule has 0 saturated heterocycles. The molecule has 2 aromatic rings. The smallest absolute Gasteiger partial charge is 0.244 e. The highest BCUT2D eigenvalue weighted by molar-refractivity contribution is 9.10. The van der Waals surface area contributed by atoms with Gasteiger partial charge in [-0.2, -0.15) is 0 Å². The molecule has 2 amide bonds. The maximum absolute atomic E-state index is 13.3. The summed E-state index contributed by atoms with van der Waals surface area (Å²) in [5, 5.41) is 2.54. The van der Waals surface area contributed by atoms with Crippen molar-refractivity contribution in [1.29, 1.82) is 0 Å². The summed E-state index contributed by atoms with van der Waals surface area (Å²) >= 11 is 3.32. The largest absolute Gasteiger partial charge is 0.497 e. The molecule has 0 aliphatic carbocycles. The first-order chi connectivity index (χ1) is 14.6. The Hall–Kier alpha value is -2.59. The van der Waals surface area contributed by atoms with Crippen LogP contribution in [0, 0.1) is 0 Å². The molecular formula is C21H26BrN3O5S. The van der Waals surface area contributed by atoms with E-state index in [4.69, 9.17) is 4.74 Å². The Bertz CT molecular complexity index is 1040. The van der Waals surface area contributed by atoms with E-state index in [0.29, 0.717) is 15.9 Å². The number of amides is 2. The summed E-state index contributed by atoms with van der Waals surface area (Å²) in [6.45, 7) is 1.27. The van der Waals surface area contributed by atoms with Crippen LogP contribution < -0.4 is 14.4 Å². The third-order valence-corrected chi connectivity index (χ3v) is 6.31.